The van der Waals surface area contributed by atoms with E-state index < -0.39 is 11.0 Å². The minimum atomic E-state index is -0.839. The Bertz CT molecular complexity index is 777. The van der Waals surface area contributed by atoms with Gasteiger partial charge < -0.3 is 10.4 Å². The Morgan fingerprint density at radius 2 is 1.92 bits per heavy atom. The van der Waals surface area contributed by atoms with Crippen molar-refractivity contribution < 1.29 is 19.2 Å². The number of nitro groups is 1. The molecule has 0 heterocycles. The Labute approximate surface area is 144 Å². The number of benzene rings is 2. The maximum atomic E-state index is 12.9. The molecule has 0 aromatic heterocycles. The van der Waals surface area contributed by atoms with Gasteiger partial charge in [-0.15, -0.1) is 0 Å². The molecule has 1 amide bonds. The quantitative estimate of drug-likeness (QED) is 0.620. The van der Waals surface area contributed by atoms with Gasteiger partial charge in [0.05, 0.1) is 11.0 Å². The molecule has 0 saturated heterocycles. The molecule has 2 rings (SSSR count). The predicted molar refractivity (Wildman–Crippen MR) is 90.7 cm³/mol. The van der Waals surface area contributed by atoms with E-state index in [2.05, 4.69) is 5.32 Å². The number of nitro benzene ring substituents is 1. The summed E-state index contributed by atoms with van der Waals surface area (Å²) in [6, 6.07) is 9.20. The van der Waals surface area contributed by atoms with Gasteiger partial charge in [-0.25, -0.2) is 4.39 Å². The van der Waals surface area contributed by atoms with Crippen LogP contribution >= 0.6 is 0 Å². The molecule has 2 aromatic rings. The van der Waals surface area contributed by atoms with Crippen LogP contribution in [0.25, 0.3) is 0 Å². The fourth-order valence-electron chi connectivity index (χ4n) is 2.53. The molecule has 0 bridgehead atoms. The van der Waals surface area contributed by atoms with E-state index in [1.807, 2.05) is 0 Å². The van der Waals surface area contributed by atoms with Crippen molar-refractivity contribution in [2.24, 2.45) is 0 Å². The van der Waals surface area contributed by atoms with Crippen molar-refractivity contribution in [1.82, 2.24) is 5.32 Å². The summed E-state index contributed by atoms with van der Waals surface area (Å²) in [6.07, 6.45) is -0.586. The number of nitrogens with zero attached hydrogens (tertiary/aromatic N) is 1. The molecule has 2 aromatic carbocycles. The van der Waals surface area contributed by atoms with Crippen LogP contribution in [0.5, 0.6) is 0 Å². The van der Waals surface area contributed by atoms with Gasteiger partial charge in [0.2, 0.25) is 0 Å². The van der Waals surface area contributed by atoms with Crippen LogP contribution in [0, 0.1) is 22.9 Å². The van der Waals surface area contributed by atoms with E-state index in [1.54, 1.807) is 13.8 Å². The molecule has 2 N–H and O–H groups in total. The second kappa shape index (κ2) is 7.85. The minimum Gasteiger partial charge on any atom is -0.388 e. The lowest BCUT2D eigenvalue weighted by atomic mass is 10.0. The highest BCUT2D eigenvalue weighted by Crippen LogP contribution is 2.20. The maximum Gasteiger partial charge on any atom is 0.269 e. The van der Waals surface area contributed by atoms with Crippen LogP contribution in [0.1, 0.15) is 40.9 Å². The molecule has 6 nitrogen and oxygen atoms in total. The number of amides is 1. The number of hydrogen-bond acceptors (Lipinski definition) is 4. The number of halogens is 1. The first-order valence-corrected chi connectivity index (χ1v) is 7.77. The number of non-ortho nitro benzene ring substituents is 1. The first-order chi connectivity index (χ1) is 11.8. The fourth-order valence-corrected chi connectivity index (χ4v) is 2.53. The summed E-state index contributed by atoms with van der Waals surface area (Å²) < 4.78 is 12.9. The molecule has 0 aliphatic rings. The molecule has 0 radical (unpaired) electrons. The van der Waals surface area contributed by atoms with E-state index in [1.165, 1.54) is 42.5 Å². The van der Waals surface area contributed by atoms with Crippen LogP contribution in [0.2, 0.25) is 0 Å². The normalized spacial score (nSPS) is 13.1. The molecular formula is C18H19FN2O4. The van der Waals surface area contributed by atoms with E-state index in [-0.39, 0.29) is 29.9 Å². The number of carbonyl (C=O) groups excluding carboxylic acids is 1. The first kappa shape index (κ1) is 18.5. The summed E-state index contributed by atoms with van der Waals surface area (Å²) in [6.45, 7) is 3.37. The lowest BCUT2D eigenvalue weighted by Gasteiger charge is -2.19. The molecule has 0 spiro atoms. The van der Waals surface area contributed by atoms with Crippen LogP contribution in [0.3, 0.4) is 0 Å². The molecule has 132 valence electrons. The Morgan fingerprint density at radius 3 is 2.48 bits per heavy atom. The second-order valence-electron chi connectivity index (χ2n) is 5.93. The Kier molecular flexibility index (Phi) is 5.82. The van der Waals surface area contributed by atoms with Gasteiger partial charge in [-0.3, -0.25) is 14.9 Å². The highest BCUT2D eigenvalue weighted by molar-refractivity contribution is 5.96. The summed E-state index contributed by atoms with van der Waals surface area (Å²) in [5, 5.41) is 23.7. The van der Waals surface area contributed by atoms with Crippen LogP contribution in [0.4, 0.5) is 10.1 Å². The molecule has 2 unspecified atom stereocenters. The molecule has 0 aliphatic carbocycles. The largest absolute Gasteiger partial charge is 0.388 e. The van der Waals surface area contributed by atoms with E-state index >= 15 is 0 Å². The van der Waals surface area contributed by atoms with Gasteiger partial charge in [-0.2, -0.15) is 0 Å². The molecule has 0 fully saturated rings. The third-order valence-electron chi connectivity index (χ3n) is 3.87. The first-order valence-electron chi connectivity index (χ1n) is 7.77. The molecule has 7 heteroatoms. The third kappa shape index (κ3) is 4.84. The average Bonchev–Trinajstić information content (AvgIpc) is 2.54. The smallest absolute Gasteiger partial charge is 0.269 e. The van der Waals surface area contributed by atoms with Crippen molar-refractivity contribution in [1.29, 1.82) is 0 Å². The third-order valence-corrected chi connectivity index (χ3v) is 3.87. The Balaban J connectivity index is 2.00. The van der Waals surface area contributed by atoms with Crippen LogP contribution in [-0.4, -0.2) is 22.0 Å². The predicted octanol–water partition coefficient (Wildman–Crippen LogP) is 3.28. The van der Waals surface area contributed by atoms with Gasteiger partial charge in [0.1, 0.15) is 5.82 Å². The Morgan fingerprint density at radius 1 is 1.28 bits per heavy atom. The van der Waals surface area contributed by atoms with E-state index in [4.69, 9.17) is 0 Å². The Hall–Kier alpha value is -2.80. The standard InChI is InChI=1S/C18H19FN2O4/c1-11-9-15(21(24)25)7-8-16(11)18(23)20-12(2)10-17(22)13-3-5-14(19)6-4-13/h3-9,12,17,22H,10H2,1-2H3,(H,20,23). The number of hydrogen-bond donors (Lipinski definition) is 2. The summed E-state index contributed by atoms with van der Waals surface area (Å²) in [4.78, 5) is 22.5. The zero-order valence-electron chi connectivity index (χ0n) is 13.9. The average molecular weight is 346 g/mol. The van der Waals surface area contributed by atoms with Crippen LogP contribution in [0.15, 0.2) is 42.5 Å². The van der Waals surface area contributed by atoms with Gasteiger partial charge in [-0.05, 0) is 49.6 Å². The minimum absolute atomic E-state index is 0.0752. The van der Waals surface area contributed by atoms with Crippen molar-refractivity contribution in [2.45, 2.75) is 32.4 Å². The van der Waals surface area contributed by atoms with Crippen LogP contribution < -0.4 is 5.32 Å². The van der Waals surface area contributed by atoms with Gasteiger partial charge in [-0.1, -0.05) is 12.1 Å². The number of rotatable bonds is 6. The lowest BCUT2D eigenvalue weighted by molar-refractivity contribution is -0.384. The summed E-state index contributed by atoms with van der Waals surface area (Å²) in [5.41, 5.74) is 1.33. The number of aliphatic hydroxyl groups is 1. The van der Waals surface area contributed by atoms with Crippen molar-refractivity contribution in [3.8, 4) is 0 Å². The zero-order valence-corrected chi connectivity index (χ0v) is 13.9. The number of aryl methyl sites for hydroxylation is 1. The monoisotopic (exact) mass is 346 g/mol. The summed E-state index contributed by atoms with van der Waals surface area (Å²) >= 11 is 0. The topological polar surface area (TPSA) is 92.5 Å². The fraction of sp³-hybridized carbons (Fsp3) is 0.278. The van der Waals surface area contributed by atoms with E-state index in [0.717, 1.165) is 0 Å². The maximum absolute atomic E-state index is 12.9. The van der Waals surface area contributed by atoms with E-state index in [9.17, 15) is 24.4 Å². The van der Waals surface area contributed by atoms with Crippen molar-refractivity contribution in [3.05, 3.63) is 75.1 Å². The molecule has 0 aliphatic heterocycles. The summed E-state index contributed by atoms with van der Waals surface area (Å²) in [5.74, 6) is -0.753. The van der Waals surface area contributed by atoms with Gasteiger partial charge >= 0.3 is 0 Å². The van der Waals surface area contributed by atoms with Crippen molar-refractivity contribution in [3.63, 3.8) is 0 Å². The number of carbonyl (C=O) groups is 1. The van der Waals surface area contributed by atoms with Gasteiger partial charge in [0, 0.05) is 23.7 Å². The van der Waals surface area contributed by atoms with E-state index in [0.29, 0.717) is 16.7 Å². The summed E-state index contributed by atoms with van der Waals surface area (Å²) in [7, 11) is 0. The van der Waals surface area contributed by atoms with Crippen LogP contribution in [-0.2, 0) is 0 Å². The van der Waals surface area contributed by atoms with Gasteiger partial charge in [0.25, 0.3) is 11.6 Å². The highest BCUT2D eigenvalue weighted by Gasteiger charge is 2.18. The molecule has 0 saturated carbocycles. The van der Waals surface area contributed by atoms with Crippen molar-refractivity contribution in [2.75, 3.05) is 0 Å². The van der Waals surface area contributed by atoms with Crippen molar-refractivity contribution >= 4 is 11.6 Å². The molecule has 25 heavy (non-hydrogen) atoms. The zero-order chi connectivity index (χ0) is 18.6. The molecular weight excluding hydrogens is 327 g/mol. The SMILES string of the molecule is Cc1cc([N+](=O)[O-])ccc1C(=O)NC(C)CC(O)c1ccc(F)cc1. The lowest BCUT2D eigenvalue weighted by Crippen LogP contribution is -2.34. The van der Waals surface area contributed by atoms with Gasteiger partial charge in [0.15, 0.2) is 0 Å². The number of aliphatic hydroxyl groups excluding tert-OH is 1. The molecule has 2 atom stereocenters. The highest BCUT2D eigenvalue weighted by atomic mass is 19.1. The second-order valence-corrected chi connectivity index (χ2v) is 5.93. The number of nitrogens with one attached hydrogen (secondary N) is 1.